The minimum absolute atomic E-state index is 0.118. The molecule has 0 fully saturated rings. The van der Waals surface area contributed by atoms with Crippen LogP contribution in [0.5, 0.6) is 0 Å². The fourth-order valence-corrected chi connectivity index (χ4v) is 1.79. The first-order chi connectivity index (χ1) is 9.22. The fraction of sp³-hybridized carbons (Fsp3) is 0.667. The van der Waals surface area contributed by atoms with Gasteiger partial charge in [-0.15, -0.1) is 0 Å². The monoisotopic (exact) mass is 280 g/mol. The Morgan fingerprint density at radius 1 is 1.30 bits per heavy atom. The largest absolute Gasteiger partial charge is 0.465 e. The zero-order valence-electron chi connectivity index (χ0n) is 13.0. The Morgan fingerprint density at radius 2 is 1.90 bits per heavy atom. The smallest absolute Gasteiger partial charge is 0.311 e. The molecule has 1 amide bonds. The predicted octanol–water partition coefficient (Wildman–Crippen LogP) is 2.51. The van der Waals surface area contributed by atoms with Crippen molar-refractivity contribution in [2.75, 3.05) is 13.2 Å². The molecule has 0 radical (unpaired) electrons. The fourth-order valence-electron chi connectivity index (χ4n) is 1.79. The lowest BCUT2D eigenvalue weighted by molar-refractivity contribution is -0.154. The van der Waals surface area contributed by atoms with E-state index in [1.165, 1.54) is 4.90 Å². The molecule has 1 heterocycles. The number of rotatable bonds is 6. The maximum absolute atomic E-state index is 11.9. The van der Waals surface area contributed by atoms with Gasteiger partial charge in [-0.1, -0.05) is 6.92 Å². The summed E-state index contributed by atoms with van der Waals surface area (Å²) in [4.78, 5) is 25.1. The molecule has 0 bridgehead atoms. The number of carbonyl (C=O) groups excluding carboxylic acids is 2. The SMILES string of the molecule is CCC(C)(C)C(=O)OCCCN1C(=N)C(C)=C(C)C1=O. The van der Waals surface area contributed by atoms with Gasteiger partial charge in [-0.05, 0) is 46.1 Å². The standard InChI is InChI=1S/C15H24N2O3/c1-6-15(4,5)14(19)20-9-7-8-17-12(16)10(2)11(3)13(17)18/h16H,6-9H2,1-5H3. The third kappa shape index (κ3) is 3.26. The van der Waals surface area contributed by atoms with Crippen LogP contribution in [0.25, 0.3) is 0 Å². The highest BCUT2D eigenvalue weighted by Gasteiger charge is 2.30. The van der Waals surface area contributed by atoms with Crippen LogP contribution in [0.3, 0.4) is 0 Å². The molecule has 0 unspecified atom stereocenters. The zero-order valence-corrected chi connectivity index (χ0v) is 13.0. The van der Waals surface area contributed by atoms with E-state index in [9.17, 15) is 9.59 Å². The summed E-state index contributed by atoms with van der Waals surface area (Å²) >= 11 is 0. The van der Waals surface area contributed by atoms with Crippen molar-refractivity contribution in [3.8, 4) is 0 Å². The van der Waals surface area contributed by atoms with Crippen molar-refractivity contribution in [2.24, 2.45) is 5.41 Å². The van der Waals surface area contributed by atoms with Crippen LogP contribution in [0.2, 0.25) is 0 Å². The number of esters is 1. The molecular weight excluding hydrogens is 256 g/mol. The molecule has 1 aliphatic rings. The van der Waals surface area contributed by atoms with Crippen molar-refractivity contribution in [2.45, 2.75) is 47.5 Å². The van der Waals surface area contributed by atoms with Gasteiger partial charge in [0, 0.05) is 12.1 Å². The van der Waals surface area contributed by atoms with E-state index in [4.69, 9.17) is 10.1 Å². The highest BCUT2D eigenvalue weighted by molar-refractivity contribution is 6.19. The van der Waals surface area contributed by atoms with Gasteiger partial charge in [-0.2, -0.15) is 0 Å². The van der Waals surface area contributed by atoms with Crippen molar-refractivity contribution in [1.82, 2.24) is 4.90 Å². The van der Waals surface area contributed by atoms with Crippen LogP contribution in [0.4, 0.5) is 0 Å². The second kappa shape index (κ2) is 6.20. The van der Waals surface area contributed by atoms with Gasteiger partial charge in [0.25, 0.3) is 5.91 Å². The molecular formula is C15H24N2O3. The van der Waals surface area contributed by atoms with E-state index in [2.05, 4.69) is 0 Å². The molecule has 0 spiro atoms. The van der Waals surface area contributed by atoms with Crippen LogP contribution in [-0.2, 0) is 14.3 Å². The maximum Gasteiger partial charge on any atom is 0.311 e. The van der Waals surface area contributed by atoms with E-state index in [1.807, 2.05) is 20.8 Å². The molecule has 0 atom stereocenters. The van der Waals surface area contributed by atoms with E-state index in [0.717, 1.165) is 12.0 Å². The molecule has 0 aromatic carbocycles. The van der Waals surface area contributed by atoms with Crippen molar-refractivity contribution in [3.05, 3.63) is 11.1 Å². The maximum atomic E-state index is 11.9. The van der Waals surface area contributed by atoms with Crippen molar-refractivity contribution in [1.29, 1.82) is 5.41 Å². The second-order valence-electron chi connectivity index (χ2n) is 5.78. The van der Waals surface area contributed by atoms with Gasteiger partial charge in [-0.25, -0.2) is 0 Å². The number of hydrogen-bond acceptors (Lipinski definition) is 4. The summed E-state index contributed by atoms with van der Waals surface area (Å²) in [5.74, 6) is -0.0752. The van der Waals surface area contributed by atoms with Gasteiger partial charge in [-0.3, -0.25) is 19.9 Å². The number of nitrogens with one attached hydrogen (secondary N) is 1. The quantitative estimate of drug-likeness (QED) is 0.600. The van der Waals surface area contributed by atoms with Gasteiger partial charge in [0.1, 0.15) is 5.84 Å². The van der Waals surface area contributed by atoms with E-state index < -0.39 is 5.41 Å². The lowest BCUT2D eigenvalue weighted by atomic mass is 9.91. The number of amidine groups is 1. The van der Waals surface area contributed by atoms with Gasteiger partial charge >= 0.3 is 5.97 Å². The minimum Gasteiger partial charge on any atom is -0.465 e. The average molecular weight is 280 g/mol. The van der Waals surface area contributed by atoms with Crippen LogP contribution in [0.15, 0.2) is 11.1 Å². The van der Waals surface area contributed by atoms with E-state index in [1.54, 1.807) is 13.8 Å². The van der Waals surface area contributed by atoms with E-state index >= 15 is 0 Å². The normalized spacial score (nSPS) is 16.1. The first-order valence-corrected chi connectivity index (χ1v) is 6.98. The molecule has 1 N–H and O–H groups in total. The van der Waals surface area contributed by atoms with E-state index in [-0.39, 0.29) is 24.3 Å². The molecule has 0 aromatic heterocycles. The third-order valence-corrected chi connectivity index (χ3v) is 3.95. The Kier molecular flexibility index (Phi) is 5.09. The summed E-state index contributed by atoms with van der Waals surface area (Å²) in [6.45, 7) is 9.85. The summed E-state index contributed by atoms with van der Waals surface area (Å²) in [7, 11) is 0. The Labute approximate surface area is 120 Å². The Balaban J connectivity index is 2.39. The summed E-state index contributed by atoms with van der Waals surface area (Å²) in [6, 6.07) is 0. The highest BCUT2D eigenvalue weighted by atomic mass is 16.5. The molecule has 1 rings (SSSR count). The van der Waals surface area contributed by atoms with Crippen molar-refractivity contribution < 1.29 is 14.3 Å². The highest BCUT2D eigenvalue weighted by Crippen LogP contribution is 2.22. The van der Waals surface area contributed by atoms with Gasteiger partial charge in [0.15, 0.2) is 0 Å². The van der Waals surface area contributed by atoms with Crippen molar-refractivity contribution >= 4 is 17.7 Å². The summed E-state index contributed by atoms with van der Waals surface area (Å²) in [5.41, 5.74) is 0.878. The van der Waals surface area contributed by atoms with Crippen LogP contribution < -0.4 is 0 Å². The topological polar surface area (TPSA) is 70.5 Å². The molecule has 1 aliphatic heterocycles. The molecule has 0 saturated carbocycles. The van der Waals surface area contributed by atoms with Crippen LogP contribution >= 0.6 is 0 Å². The first kappa shape index (κ1) is 16.4. The Bertz CT molecular complexity index is 440. The molecule has 0 aromatic rings. The number of ether oxygens (including phenoxy) is 1. The predicted molar refractivity (Wildman–Crippen MR) is 77.5 cm³/mol. The molecule has 0 saturated heterocycles. The Hall–Kier alpha value is -1.65. The Morgan fingerprint density at radius 3 is 2.35 bits per heavy atom. The first-order valence-electron chi connectivity index (χ1n) is 6.98. The van der Waals surface area contributed by atoms with E-state index in [0.29, 0.717) is 18.5 Å². The summed E-state index contributed by atoms with van der Waals surface area (Å²) in [5, 5.41) is 7.86. The molecule has 5 heteroatoms. The third-order valence-electron chi connectivity index (χ3n) is 3.95. The van der Waals surface area contributed by atoms with Crippen LogP contribution in [0, 0.1) is 10.8 Å². The van der Waals surface area contributed by atoms with Gasteiger partial charge < -0.3 is 4.74 Å². The summed E-state index contributed by atoms with van der Waals surface area (Å²) < 4.78 is 5.22. The van der Waals surface area contributed by atoms with Gasteiger partial charge in [0.2, 0.25) is 0 Å². The number of nitrogens with zero attached hydrogens (tertiary/aromatic N) is 1. The molecule has 0 aliphatic carbocycles. The van der Waals surface area contributed by atoms with Gasteiger partial charge in [0.05, 0.1) is 12.0 Å². The minimum atomic E-state index is -0.467. The molecule has 20 heavy (non-hydrogen) atoms. The van der Waals surface area contributed by atoms with Crippen LogP contribution in [0.1, 0.15) is 47.5 Å². The molecule has 112 valence electrons. The number of amides is 1. The van der Waals surface area contributed by atoms with Crippen LogP contribution in [-0.4, -0.2) is 35.8 Å². The zero-order chi connectivity index (χ0) is 15.5. The number of hydrogen-bond donors (Lipinski definition) is 1. The average Bonchev–Trinajstić information content (AvgIpc) is 2.60. The molecule has 5 nitrogen and oxygen atoms in total. The summed E-state index contributed by atoms with van der Waals surface area (Å²) in [6.07, 6.45) is 1.27. The lowest BCUT2D eigenvalue weighted by Gasteiger charge is -2.21. The lowest BCUT2D eigenvalue weighted by Crippen LogP contribution is -2.33. The number of carbonyl (C=O) groups is 2. The van der Waals surface area contributed by atoms with Crippen molar-refractivity contribution in [3.63, 3.8) is 0 Å². The second-order valence-corrected chi connectivity index (χ2v) is 5.78.